The highest BCUT2D eigenvalue weighted by Crippen LogP contribution is 2.29. The monoisotopic (exact) mass is 475 g/mol. The Labute approximate surface area is 200 Å². The molecule has 1 heterocycles. The van der Waals surface area contributed by atoms with Gasteiger partial charge in [-0.25, -0.2) is 14.0 Å². The molecule has 3 aromatic carbocycles. The van der Waals surface area contributed by atoms with E-state index in [0.717, 1.165) is 17.2 Å². The van der Waals surface area contributed by atoms with Crippen LogP contribution in [0.4, 0.5) is 25.4 Å². The third kappa shape index (κ3) is 5.87. The van der Waals surface area contributed by atoms with E-state index in [1.165, 1.54) is 21.9 Å². The van der Waals surface area contributed by atoms with E-state index in [1.54, 1.807) is 0 Å². The number of halogens is 1. The van der Waals surface area contributed by atoms with Gasteiger partial charge in [-0.3, -0.25) is 9.80 Å². The Bertz CT molecular complexity index is 1240. The van der Waals surface area contributed by atoms with Crippen LogP contribution in [0.1, 0.15) is 11.1 Å². The molecule has 0 saturated carbocycles. The second-order valence-corrected chi connectivity index (χ2v) is 7.78. The second kappa shape index (κ2) is 11.0. The Morgan fingerprint density at radius 1 is 1.11 bits per heavy atom. The summed E-state index contributed by atoms with van der Waals surface area (Å²) in [6, 6.07) is 22.5. The minimum Gasteiger partial charge on any atom is -0.444 e. The number of benzene rings is 3. The average molecular weight is 475 g/mol. The number of nitrogens with zero attached hydrogens (tertiary/aromatic N) is 5. The van der Waals surface area contributed by atoms with Crippen molar-refractivity contribution < 1.29 is 23.5 Å². The summed E-state index contributed by atoms with van der Waals surface area (Å²) in [7, 11) is 0. The topological polar surface area (TPSA) is 108 Å². The lowest BCUT2D eigenvalue weighted by Gasteiger charge is -2.24. The van der Waals surface area contributed by atoms with Crippen molar-refractivity contribution in [2.24, 2.45) is 5.11 Å². The molecule has 0 aliphatic carbocycles. The molecule has 1 aliphatic rings. The Hall–Kier alpha value is -4.56. The SMILES string of the molecule is [N-]=[N+]=NC[C@H]1CN(c2ccc(N(Cc3ccccc3)C(=O)OCc3ccccc3)c(F)c2)C(=O)O1. The average Bonchev–Trinajstić information content (AvgIpc) is 3.26. The van der Waals surface area contributed by atoms with Gasteiger partial charge in [-0.15, -0.1) is 0 Å². The van der Waals surface area contributed by atoms with Gasteiger partial charge in [-0.1, -0.05) is 65.8 Å². The number of carbonyl (C=O) groups excluding carboxylic acids is 2. The summed E-state index contributed by atoms with van der Waals surface area (Å²) < 4.78 is 25.9. The molecule has 0 unspecified atom stereocenters. The standard InChI is InChI=1S/C25H22FN5O4/c26-22-13-20(30-16-21(14-28-29-27)35-25(30)33)11-12-23(22)31(15-18-7-3-1-4-8-18)24(32)34-17-19-9-5-2-6-10-19/h1-13,21H,14-17H2/t21-/m0/s1. The van der Waals surface area contributed by atoms with Crippen LogP contribution in [0.5, 0.6) is 0 Å². The molecule has 178 valence electrons. The molecular formula is C25H22FN5O4. The van der Waals surface area contributed by atoms with E-state index in [2.05, 4.69) is 10.0 Å². The second-order valence-electron chi connectivity index (χ2n) is 7.78. The molecule has 1 aliphatic heterocycles. The molecule has 0 radical (unpaired) electrons. The van der Waals surface area contributed by atoms with Crippen LogP contribution in [-0.2, 0) is 22.6 Å². The minimum absolute atomic E-state index is 0.00820. The van der Waals surface area contributed by atoms with Crippen LogP contribution < -0.4 is 9.80 Å². The molecule has 1 atom stereocenters. The first-order valence-electron chi connectivity index (χ1n) is 10.9. The molecule has 2 amide bonds. The summed E-state index contributed by atoms with van der Waals surface area (Å²) in [5, 5.41) is 3.41. The molecule has 1 saturated heterocycles. The van der Waals surface area contributed by atoms with Crippen molar-refractivity contribution in [1.82, 2.24) is 0 Å². The number of azide groups is 1. The molecule has 3 aromatic rings. The van der Waals surface area contributed by atoms with E-state index in [9.17, 15) is 9.59 Å². The van der Waals surface area contributed by atoms with Crippen LogP contribution in [0.15, 0.2) is 84.0 Å². The van der Waals surface area contributed by atoms with Gasteiger partial charge >= 0.3 is 12.2 Å². The number of cyclic esters (lactones) is 1. The van der Waals surface area contributed by atoms with Crippen LogP contribution >= 0.6 is 0 Å². The summed E-state index contributed by atoms with van der Waals surface area (Å²) in [4.78, 5) is 30.4. The molecule has 10 heteroatoms. The normalized spacial score (nSPS) is 14.7. The third-order valence-corrected chi connectivity index (χ3v) is 5.37. The van der Waals surface area contributed by atoms with Gasteiger partial charge in [-0.2, -0.15) is 0 Å². The van der Waals surface area contributed by atoms with Crippen molar-refractivity contribution in [2.75, 3.05) is 22.9 Å². The van der Waals surface area contributed by atoms with Gasteiger partial charge < -0.3 is 9.47 Å². The largest absolute Gasteiger partial charge is 0.444 e. The van der Waals surface area contributed by atoms with Crippen molar-refractivity contribution in [3.8, 4) is 0 Å². The molecule has 0 aromatic heterocycles. The number of anilines is 2. The molecule has 1 fully saturated rings. The first-order valence-corrected chi connectivity index (χ1v) is 10.9. The number of hydrogen-bond donors (Lipinski definition) is 0. The van der Waals surface area contributed by atoms with E-state index >= 15 is 4.39 Å². The Kier molecular flexibility index (Phi) is 7.44. The highest BCUT2D eigenvalue weighted by atomic mass is 19.1. The lowest BCUT2D eigenvalue weighted by atomic mass is 10.2. The molecular weight excluding hydrogens is 453 g/mol. The lowest BCUT2D eigenvalue weighted by molar-refractivity contribution is 0.144. The van der Waals surface area contributed by atoms with E-state index < -0.39 is 24.1 Å². The Morgan fingerprint density at radius 3 is 2.46 bits per heavy atom. The van der Waals surface area contributed by atoms with Crippen molar-refractivity contribution in [3.05, 3.63) is 106 Å². The predicted octanol–water partition coefficient (Wildman–Crippen LogP) is 5.80. The van der Waals surface area contributed by atoms with Crippen LogP contribution in [0, 0.1) is 5.82 Å². The number of hydrogen-bond acceptors (Lipinski definition) is 5. The number of amides is 2. The minimum atomic E-state index is -0.709. The number of ether oxygens (including phenoxy) is 2. The molecule has 35 heavy (non-hydrogen) atoms. The van der Waals surface area contributed by atoms with Crippen molar-refractivity contribution in [3.63, 3.8) is 0 Å². The molecule has 9 nitrogen and oxygen atoms in total. The first-order chi connectivity index (χ1) is 17.0. The van der Waals surface area contributed by atoms with E-state index in [4.69, 9.17) is 15.0 Å². The van der Waals surface area contributed by atoms with Crippen LogP contribution in [0.2, 0.25) is 0 Å². The molecule has 0 spiro atoms. The number of carbonyl (C=O) groups is 2. The Morgan fingerprint density at radius 2 is 1.80 bits per heavy atom. The zero-order valence-electron chi connectivity index (χ0n) is 18.7. The summed E-state index contributed by atoms with van der Waals surface area (Å²) in [5.41, 5.74) is 10.3. The highest BCUT2D eigenvalue weighted by molar-refractivity contribution is 5.91. The molecule has 0 N–H and O–H groups in total. The lowest BCUT2D eigenvalue weighted by Crippen LogP contribution is -2.32. The highest BCUT2D eigenvalue weighted by Gasteiger charge is 2.32. The van der Waals surface area contributed by atoms with Crippen LogP contribution in [0.3, 0.4) is 0 Å². The van der Waals surface area contributed by atoms with Gasteiger partial charge in [0, 0.05) is 4.91 Å². The van der Waals surface area contributed by atoms with Gasteiger partial charge in [0.2, 0.25) is 0 Å². The zero-order valence-corrected chi connectivity index (χ0v) is 18.7. The summed E-state index contributed by atoms with van der Waals surface area (Å²) in [6.07, 6.45) is -2.00. The van der Waals surface area contributed by atoms with Crippen LogP contribution in [0.25, 0.3) is 10.4 Å². The van der Waals surface area contributed by atoms with Crippen LogP contribution in [-0.4, -0.2) is 31.4 Å². The van der Waals surface area contributed by atoms with Gasteiger partial charge in [-0.05, 0) is 34.9 Å². The maximum atomic E-state index is 15.3. The maximum absolute atomic E-state index is 15.3. The van der Waals surface area contributed by atoms with Gasteiger partial charge in [0.25, 0.3) is 0 Å². The van der Waals surface area contributed by atoms with E-state index in [-0.39, 0.29) is 37.6 Å². The van der Waals surface area contributed by atoms with Gasteiger partial charge in [0.05, 0.1) is 31.0 Å². The zero-order chi connectivity index (χ0) is 24.6. The first kappa shape index (κ1) is 23.6. The predicted molar refractivity (Wildman–Crippen MR) is 127 cm³/mol. The van der Waals surface area contributed by atoms with Crippen molar-refractivity contribution in [1.29, 1.82) is 0 Å². The fraction of sp³-hybridized carbons (Fsp3) is 0.200. The molecule has 0 bridgehead atoms. The van der Waals surface area contributed by atoms with Crippen molar-refractivity contribution in [2.45, 2.75) is 19.3 Å². The van der Waals surface area contributed by atoms with Crippen molar-refractivity contribution >= 4 is 23.6 Å². The smallest absolute Gasteiger partial charge is 0.415 e. The van der Waals surface area contributed by atoms with Gasteiger partial charge in [0.1, 0.15) is 18.5 Å². The summed E-state index contributed by atoms with van der Waals surface area (Å²) in [5.74, 6) is -0.707. The Balaban J connectivity index is 1.56. The third-order valence-electron chi connectivity index (χ3n) is 5.37. The maximum Gasteiger partial charge on any atom is 0.415 e. The summed E-state index contributed by atoms with van der Waals surface area (Å²) in [6.45, 7) is 0.225. The van der Waals surface area contributed by atoms with E-state index in [0.29, 0.717) is 0 Å². The van der Waals surface area contributed by atoms with E-state index in [1.807, 2.05) is 60.7 Å². The molecule has 4 rings (SSSR count). The fourth-order valence-corrected chi connectivity index (χ4v) is 3.65. The quantitative estimate of drug-likeness (QED) is 0.233. The van der Waals surface area contributed by atoms with Gasteiger partial charge in [0.15, 0.2) is 0 Å². The fourth-order valence-electron chi connectivity index (χ4n) is 3.65. The summed E-state index contributed by atoms with van der Waals surface area (Å²) >= 11 is 0. The number of rotatable bonds is 8.